The second-order valence-electron chi connectivity index (χ2n) is 5.29. The van der Waals surface area contributed by atoms with Crippen molar-refractivity contribution in [2.75, 3.05) is 0 Å². The Labute approximate surface area is 117 Å². The van der Waals surface area contributed by atoms with E-state index in [4.69, 9.17) is 10.8 Å². The molecular weight excluding hydrogens is 264 g/mol. The molecule has 0 aromatic heterocycles. The molecule has 0 saturated carbocycles. The number of carbonyl (C=O) groups is 1. The maximum absolute atomic E-state index is 13.4. The lowest BCUT2D eigenvalue weighted by Crippen LogP contribution is -2.26. The summed E-state index contributed by atoms with van der Waals surface area (Å²) in [5.41, 5.74) is 5.83. The summed E-state index contributed by atoms with van der Waals surface area (Å²) in [4.78, 5) is 10.5. The van der Waals surface area contributed by atoms with E-state index in [0.717, 1.165) is 6.42 Å². The molecule has 1 aromatic rings. The fourth-order valence-electron chi connectivity index (χ4n) is 2.34. The van der Waals surface area contributed by atoms with Crippen molar-refractivity contribution in [1.82, 2.24) is 0 Å². The monoisotopic (exact) mass is 285 g/mol. The van der Waals surface area contributed by atoms with Gasteiger partial charge in [0.05, 0.1) is 6.42 Å². The fraction of sp³-hybridized carbons (Fsp3) is 0.533. The van der Waals surface area contributed by atoms with E-state index in [1.807, 2.05) is 6.92 Å². The molecule has 0 unspecified atom stereocenters. The molecule has 0 heterocycles. The summed E-state index contributed by atoms with van der Waals surface area (Å²) in [5, 5.41) is 8.62. The smallest absolute Gasteiger partial charge is 0.304 e. The van der Waals surface area contributed by atoms with Crippen LogP contribution >= 0.6 is 0 Å². The van der Waals surface area contributed by atoms with Gasteiger partial charge in [0.2, 0.25) is 0 Å². The van der Waals surface area contributed by atoms with Gasteiger partial charge >= 0.3 is 5.97 Å². The van der Waals surface area contributed by atoms with Gasteiger partial charge in [-0.1, -0.05) is 19.4 Å². The first-order chi connectivity index (χ1) is 9.40. The summed E-state index contributed by atoms with van der Waals surface area (Å²) in [6, 6.07) is 3.49. The van der Waals surface area contributed by atoms with Gasteiger partial charge in [0.25, 0.3) is 0 Å². The lowest BCUT2D eigenvalue weighted by molar-refractivity contribution is -0.137. The molecule has 0 radical (unpaired) electrons. The molecule has 5 heteroatoms. The van der Waals surface area contributed by atoms with Crippen LogP contribution in [-0.2, 0) is 11.2 Å². The van der Waals surface area contributed by atoms with Crippen molar-refractivity contribution in [2.24, 2.45) is 11.7 Å². The van der Waals surface area contributed by atoms with Crippen LogP contribution in [0.15, 0.2) is 18.2 Å². The molecule has 1 rings (SSSR count). The maximum atomic E-state index is 13.4. The van der Waals surface area contributed by atoms with Gasteiger partial charge in [-0.05, 0) is 37.3 Å². The van der Waals surface area contributed by atoms with E-state index in [1.54, 1.807) is 0 Å². The zero-order valence-corrected chi connectivity index (χ0v) is 11.6. The highest BCUT2D eigenvalue weighted by Gasteiger charge is 2.13. The minimum atomic E-state index is -0.905. The van der Waals surface area contributed by atoms with Crippen LogP contribution < -0.4 is 5.73 Å². The average molecular weight is 285 g/mol. The summed E-state index contributed by atoms with van der Waals surface area (Å²) in [7, 11) is 0. The highest BCUT2D eigenvalue weighted by atomic mass is 19.1. The standard InChI is InChI=1S/C15H21F2NO2/c1-10(8-11(18)9-15(19)20)4-2-5-12-13(16)6-3-7-14(12)17/h3,6-7,10-11H,2,4-5,8-9,18H2,1H3,(H,19,20)/t10-,11-/m0/s1. The van der Waals surface area contributed by atoms with E-state index in [0.29, 0.717) is 19.3 Å². The molecule has 112 valence electrons. The van der Waals surface area contributed by atoms with Crippen LogP contribution in [0.4, 0.5) is 8.78 Å². The number of nitrogens with two attached hydrogens (primary N) is 1. The molecule has 3 nitrogen and oxygen atoms in total. The first-order valence-electron chi connectivity index (χ1n) is 6.80. The highest BCUT2D eigenvalue weighted by Crippen LogP contribution is 2.19. The van der Waals surface area contributed by atoms with Gasteiger partial charge in [-0.3, -0.25) is 4.79 Å². The molecule has 0 aliphatic heterocycles. The van der Waals surface area contributed by atoms with Crippen LogP contribution in [0.5, 0.6) is 0 Å². The third-order valence-corrected chi connectivity index (χ3v) is 3.33. The number of rotatable bonds is 8. The largest absolute Gasteiger partial charge is 0.481 e. The van der Waals surface area contributed by atoms with E-state index in [1.165, 1.54) is 18.2 Å². The van der Waals surface area contributed by atoms with E-state index >= 15 is 0 Å². The van der Waals surface area contributed by atoms with Crippen molar-refractivity contribution in [3.8, 4) is 0 Å². The molecule has 0 aliphatic carbocycles. The Bertz CT molecular complexity index is 431. The normalized spacial score (nSPS) is 14.0. The number of hydrogen-bond donors (Lipinski definition) is 2. The Morgan fingerprint density at radius 1 is 1.35 bits per heavy atom. The van der Waals surface area contributed by atoms with Crippen LogP contribution in [0, 0.1) is 17.6 Å². The van der Waals surface area contributed by atoms with Crippen molar-refractivity contribution < 1.29 is 18.7 Å². The van der Waals surface area contributed by atoms with E-state index in [2.05, 4.69) is 0 Å². The van der Waals surface area contributed by atoms with Crippen LogP contribution in [-0.4, -0.2) is 17.1 Å². The van der Waals surface area contributed by atoms with Crippen LogP contribution in [0.25, 0.3) is 0 Å². The van der Waals surface area contributed by atoms with Gasteiger partial charge in [-0.15, -0.1) is 0 Å². The molecule has 0 amide bonds. The first-order valence-corrected chi connectivity index (χ1v) is 6.80. The first kappa shape index (κ1) is 16.6. The zero-order chi connectivity index (χ0) is 15.1. The number of aliphatic carboxylic acids is 1. The Morgan fingerprint density at radius 3 is 2.50 bits per heavy atom. The molecule has 0 bridgehead atoms. The lowest BCUT2D eigenvalue weighted by Gasteiger charge is -2.15. The summed E-state index contributed by atoms with van der Waals surface area (Å²) < 4.78 is 26.8. The lowest BCUT2D eigenvalue weighted by atomic mass is 9.94. The summed E-state index contributed by atoms with van der Waals surface area (Å²) >= 11 is 0. The fourth-order valence-corrected chi connectivity index (χ4v) is 2.34. The molecule has 2 atom stereocenters. The molecule has 0 saturated heterocycles. The third-order valence-electron chi connectivity index (χ3n) is 3.33. The van der Waals surface area contributed by atoms with Crippen molar-refractivity contribution >= 4 is 5.97 Å². The summed E-state index contributed by atoms with van der Waals surface area (Å²) in [5.74, 6) is -1.70. The van der Waals surface area contributed by atoms with Crippen LogP contribution in [0.1, 0.15) is 38.2 Å². The second kappa shape index (κ2) is 7.94. The third kappa shape index (κ3) is 5.65. The summed E-state index contributed by atoms with van der Waals surface area (Å²) in [6.07, 6.45) is 2.31. The Kier molecular flexibility index (Phi) is 6.58. The minimum absolute atomic E-state index is 0.0493. The van der Waals surface area contributed by atoms with Gasteiger partial charge in [-0.2, -0.15) is 0 Å². The molecular formula is C15H21F2NO2. The highest BCUT2D eigenvalue weighted by molar-refractivity contribution is 5.67. The Morgan fingerprint density at radius 2 is 1.95 bits per heavy atom. The molecule has 0 aliphatic rings. The minimum Gasteiger partial charge on any atom is -0.481 e. The van der Waals surface area contributed by atoms with Gasteiger partial charge in [0.15, 0.2) is 0 Å². The summed E-state index contributed by atoms with van der Waals surface area (Å²) in [6.45, 7) is 1.97. The van der Waals surface area contributed by atoms with Gasteiger partial charge in [0.1, 0.15) is 11.6 Å². The van der Waals surface area contributed by atoms with Crippen molar-refractivity contribution in [1.29, 1.82) is 0 Å². The number of carboxylic acids is 1. The van der Waals surface area contributed by atoms with Gasteiger partial charge < -0.3 is 10.8 Å². The van der Waals surface area contributed by atoms with Crippen molar-refractivity contribution in [2.45, 2.75) is 45.1 Å². The second-order valence-corrected chi connectivity index (χ2v) is 5.29. The van der Waals surface area contributed by atoms with E-state index < -0.39 is 17.6 Å². The number of halogens is 2. The van der Waals surface area contributed by atoms with Crippen LogP contribution in [0.3, 0.4) is 0 Å². The molecule has 20 heavy (non-hydrogen) atoms. The van der Waals surface area contributed by atoms with E-state index in [-0.39, 0.29) is 23.9 Å². The van der Waals surface area contributed by atoms with Crippen molar-refractivity contribution in [3.63, 3.8) is 0 Å². The molecule has 1 aromatic carbocycles. The zero-order valence-electron chi connectivity index (χ0n) is 11.6. The van der Waals surface area contributed by atoms with Crippen LogP contribution in [0.2, 0.25) is 0 Å². The SMILES string of the molecule is C[C@@H](CCCc1c(F)cccc1F)C[C@H](N)CC(=O)O. The van der Waals surface area contributed by atoms with Gasteiger partial charge in [-0.25, -0.2) is 8.78 Å². The van der Waals surface area contributed by atoms with Gasteiger partial charge in [0, 0.05) is 11.6 Å². The molecule has 0 fully saturated rings. The topological polar surface area (TPSA) is 63.3 Å². The number of benzene rings is 1. The number of carboxylic acid groups (broad SMARTS) is 1. The maximum Gasteiger partial charge on any atom is 0.304 e. The quantitative estimate of drug-likeness (QED) is 0.771. The Balaban J connectivity index is 2.35. The predicted molar refractivity (Wildman–Crippen MR) is 73.3 cm³/mol. The van der Waals surface area contributed by atoms with Crippen molar-refractivity contribution in [3.05, 3.63) is 35.4 Å². The van der Waals surface area contributed by atoms with E-state index in [9.17, 15) is 13.6 Å². The number of hydrogen-bond acceptors (Lipinski definition) is 2. The average Bonchev–Trinajstić information content (AvgIpc) is 2.31. The predicted octanol–water partition coefficient (Wildman–Crippen LogP) is 3.12. The molecule has 0 spiro atoms. The molecule has 3 N–H and O–H groups in total. The Hall–Kier alpha value is -1.49.